The molecule has 3 N–H and O–H groups in total. The Hall–Kier alpha value is -2.31. The van der Waals surface area contributed by atoms with E-state index in [0.29, 0.717) is 26.0 Å². The first-order chi connectivity index (χ1) is 11.0. The molecule has 23 heavy (non-hydrogen) atoms. The van der Waals surface area contributed by atoms with Crippen molar-refractivity contribution in [2.45, 2.75) is 0 Å². The van der Waals surface area contributed by atoms with Crippen molar-refractivity contribution < 1.29 is 14.0 Å². The van der Waals surface area contributed by atoms with Crippen LogP contribution in [0.25, 0.3) is 11.0 Å². The minimum Gasteiger partial charge on any atom is -0.449 e. The monoisotopic (exact) mass is 392 g/mol. The third-order valence-electron chi connectivity index (χ3n) is 3.23. The Balaban J connectivity index is 2.07. The van der Waals surface area contributed by atoms with E-state index in [-0.39, 0.29) is 11.4 Å². The first kappa shape index (κ1) is 15.6. The number of carbonyl (C=O) groups is 2. The summed E-state index contributed by atoms with van der Waals surface area (Å²) < 4.78 is 6.00. The Bertz CT molecular complexity index is 936. The Kier molecular flexibility index (Phi) is 4.11. The second kappa shape index (κ2) is 6.06. The van der Waals surface area contributed by atoms with E-state index in [4.69, 9.17) is 21.8 Å². The maximum atomic E-state index is 12.5. The molecule has 2 amide bonds. The number of amides is 2. The highest BCUT2D eigenvalue weighted by Crippen LogP contribution is 2.31. The van der Waals surface area contributed by atoms with Crippen molar-refractivity contribution in [3.63, 3.8) is 0 Å². The van der Waals surface area contributed by atoms with Crippen LogP contribution in [0, 0.1) is 0 Å². The second-order valence-corrected chi connectivity index (χ2v) is 6.04. The van der Waals surface area contributed by atoms with Crippen LogP contribution < -0.4 is 11.1 Å². The number of nitrogens with two attached hydrogens (primary N) is 1. The molecule has 5 nitrogen and oxygen atoms in total. The molecule has 0 atom stereocenters. The summed E-state index contributed by atoms with van der Waals surface area (Å²) >= 11 is 9.22. The summed E-state index contributed by atoms with van der Waals surface area (Å²) in [6.07, 6.45) is 0. The van der Waals surface area contributed by atoms with Gasteiger partial charge < -0.3 is 15.5 Å². The van der Waals surface area contributed by atoms with Gasteiger partial charge in [0.15, 0.2) is 0 Å². The SMILES string of the molecule is NC(=O)c1oc2ccccc2c1NC(=O)c1cc(Cl)ccc1Br. The van der Waals surface area contributed by atoms with Crippen molar-refractivity contribution >= 4 is 56.0 Å². The lowest BCUT2D eigenvalue weighted by molar-refractivity contribution is 0.0977. The molecule has 0 aliphatic rings. The van der Waals surface area contributed by atoms with Crippen molar-refractivity contribution in [1.82, 2.24) is 0 Å². The number of carbonyl (C=O) groups excluding carboxylic acids is 2. The van der Waals surface area contributed by atoms with E-state index in [0.717, 1.165) is 0 Å². The zero-order chi connectivity index (χ0) is 16.6. The van der Waals surface area contributed by atoms with Gasteiger partial charge in [0.05, 0.1) is 5.56 Å². The van der Waals surface area contributed by atoms with Crippen LogP contribution in [0.15, 0.2) is 51.4 Å². The predicted octanol–water partition coefficient (Wildman–Crippen LogP) is 4.20. The van der Waals surface area contributed by atoms with Crippen LogP contribution in [0.2, 0.25) is 5.02 Å². The number of primary amides is 1. The number of anilines is 1. The van der Waals surface area contributed by atoms with E-state index in [1.54, 1.807) is 36.4 Å². The lowest BCUT2D eigenvalue weighted by Crippen LogP contribution is -2.17. The molecule has 116 valence electrons. The van der Waals surface area contributed by atoms with Crippen LogP contribution in [-0.2, 0) is 0 Å². The predicted molar refractivity (Wildman–Crippen MR) is 91.8 cm³/mol. The van der Waals surface area contributed by atoms with Gasteiger partial charge in [-0.25, -0.2) is 0 Å². The number of hydrogen-bond donors (Lipinski definition) is 2. The van der Waals surface area contributed by atoms with Gasteiger partial charge in [-0.3, -0.25) is 9.59 Å². The highest BCUT2D eigenvalue weighted by atomic mass is 79.9. The second-order valence-electron chi connectivity index (χ2n) is 4.74. The van der Waals surface area contributed by atoms with Crippen LogP contribution >= 0.6 is 27.5 Å². The highest BCUT2D eigenvalue weighted by Gasteiger charge is 2.21. The smallest absolute Gasteiger partial charge is 0.286 e. The van der Waals surface area contributed by atoms with Gasteiger partial charge in [-0.05, 0) is 46.3 Å². The Labute approximate surface area is 144 Å². The lowest BCUT2D eigenvalue weighted by atomic mass is 10.1. The summed E-state index contributed by atoms with van der Waals surface area (Å²) in [7, 11) is 0. The molecule has 0 saturated carbocycles. The molecule has 3 aromatic rings. The number of nitrogens with one attached hydrogen (secondary N) is 1. The molecule has 0 saturated heterocycles. The van der Waals surface area contributed by atoms with Crippen molar-refractivity contribution in [2.24, 2.45) is 5.73 Å². The van der Waals surface area contributed by atoms with Gasteiger partial charge in [-0.2, -0.15) is 0 Å². The normalized spacial score (nSPS) is 10.7. The van der Waals surface area contributed by atoms with Gasteiger partial charge in [0.2, 0.25) is 5.76 Å². The minimum atomic E-state index is -0.762. The van der Waals surface area contributed by atoms with E-state index in [9.17, 15) is 9.59 Å². The minimum absolute atomic E-state index is 0.0994. The van der Waals surface area contributed by atoms with Crippen molar-refractivity contribution in [3.05, 3.63) is 63.3 Å². The Morgan fingerprint density at radius 2 is 1.91 bits per heavy atom. The molecular weight excluding hydrogens is 384 g/mol. The van der Waals surface area contributed by atoms with E-state index >= 15 is 0 Å². The van der Waals surface area contributed by atoms with Gasteiger partial charge in [-0.15, -0.1) is 0 Å². The van der Waals surface area contributed by atoms with E-state index in [1.807, 2.05) is 0 Å². The fraction of sp³-hybridized carbons (Fsp3) is 0. The Morgan fingerprint density at radius 1 is 1.17 bits per heavy atom. The maximum Gasteiger partial charge on any atom is 0.286 e. The summed E-state index contributed by atoms with van der Waals surface area (Å²) in [5, 5.41) is 3.69. The number of furan rings is 1. The van der Waals surface area contributed by atoms with Gasteiger partial charge >= 0.3 is 0 Å². The molecule has 0 unspecified atom stereocenters. The van der Waals surface area contributed by atoms with Crippen LogP contribution in [0.4, 0.5) is 5.69 Å². The number of rotatable bonds is 3. The zero-order valence-electron chi connectivity index (χ0n) is 11.6. The van der Waals surface area contributed by atoms with Crippen LogP contribution in [-0.4, -0.2) is 11.8 Å². The van der Waals surface area contributed by atoms with Gasteiger partial charge in [0, 0.05) is 14.9 Å². The zero-order valence-corrected chi connectivity index (χ0v) is 13.9. The largest absolute Gasteiger partial charge is 0.449 e. The molecule has 1 heterocycles. The van der Waals surface area contributed by atoms with Gasteiger partial charge in [-0.1, -0.05) is 23.7 Å². The number of halogens is 2. The number of hydrogen-bond acceptors (Lipinski definition) is 3. The highest BCUT2D eigenvalue weighted by molar-refractivity contribution is 9.10. The molecule has 7 heteroatoms. The molecule has 0 aliphatic heterocycles. The fourth-order valence-corrected chi connectivity index (χ4v) is 2.79. The van der Waals surface area contributed by atoms with Crippen molar-refractivity contribution in [1.29, 1.82) is 0 Å². The summed E-state index contributed by atoms with van der Waals surface area (Å²) in [5.74, 6) is -1.30. The number of para-hydroxylation sites is 1. The van der Waals surface area contributed by atoms with E-state index in [1.165, 1.54) is 6.07 Å². The van der Waals surface area contributed by atoms with E-state index in [2.05, 4.69) is 21.2 Å². The summed E-state index contributed by atoms with van der Waals surface area (Å²) in [4.78, 5) is 24.1. The summed E-state index contributed by atoms with van der Waals surface area (Å²) in [5.41, 5.74) is 6.36. The molecule has 0 spiro atoms. The standard InChI is InChI=1S/C16H10BrClN2O3/c17-11-6-5-8(18)7-10(11)16(22)20-13-9-3-1-2-4-12(9)23-14(13)15(19)21/h1-7H,(H2,19,21)(H,20,22). The van der Waals surface area contributed by atoms with Crippen LogP contribution in [0.5, 0.6) is 0 Å². The Morgan fingerprint density at radius 3 is 2.65 bits per heavy atom. The molecule has 0 bridgehead atoms. The fourth-order valence-electron chi connectivity index (χ4n) is 2.20. The number of fused-ring (bicyclic) bond motifs is 1. The van der Waals surface area contributed by atoms with Gasteiger partial charge in [0.1, 0.15) is 11.3 Å². The average Bonchev–Trinajstić information content (AvgIpc) is 2.89. The van der Waals surface area contributed by atoms with E-state index < -0.39 is 11.8 Å². The summed E-state index contributed by atoms with van der Waals surface area (Å²) in [6, 6.07) is 11.8. The molecule has 0 fully saturated rings. The third kappa shape index (κ3) is 2.95. The quantitative estimate of drug-likeness (QED) is 0.699. The molecule has 1 aromatic heterocycles. The molecular formula is C16H10BrClN2O3. The first-order valence-electron chi connectivity index (χ1n) is 6.55. The lowest BCUT2D eigenvalue weighted by Gasteiger charge is -2.07. The number of benzene rings is 2. The maximum absolute atomic E-state index is 12.5. The summed E-state index contributed by atoms with van der Waals surface area (Å²) in [6.45, 7) is 0. The third-order valence-corrected chi connectivity index (χ3v) is 4.16. The average molecular weight is 394 g/mol. The van der Waals surface area contributed by atoms with Gasteiger partial charge in [0.25, 0.3) is 11.8 Å². The molecule has 3 rings (SSSR count). The van der Waals surface area contributed by atoms with Crippen LogP contribution in [0.3, 0.4) is 0 Å². The van der Waals surface area contributed by atoms with Crippen molar-refractivity contribution in [3.8, 4) is 0 Å². The first-order valence-corrected chi connectivity index (χ1v) is 7.72. The molecule has 0 radical (unpaired) electrons. The molecule has 0 aliphatic carbocycles. The van der Waals surface area contributed by atoms with Crippen molar-refractivity contribution in [2.75, 3.05) is 5.32 Å². The molecule has 2 aromatic carbocycles. The topological polar surface area (TPSA) is 85.3 Å². The van der Waals surface area contributed by atoms with Crippen LogP contribution in [0.1, 0.15) is 20.9 Å².